The maximum atomic E-state index is 11.9. The molecule has 1 amide bonds. The average Bonchev–Trinajstić information content (AvgIpc) is 2.99. The Morgan fingerprint density at radius 2 is 2.08 bits per heavy atom. The Labute approximate surface area is 158 Å². The molecule has 0 radical (unpaired) electrons. The summed E-state index contributed by atoms with van der Waals surface area (Å²) in [5.74, 6) is -1.24. The van der Waals surface area contributed by atoms with Gasteiger partial charge in [0.05, 0.1) is 21.2 Å². The molecule has 2 aromatic rings. The second-order valence-electron chi connectivity index (χ2n) is 5.49. The number of aromatic nitrogens is 1. The van der Waals surface area contributed by atoms with Crippen LogP contribution in [0.3, 0.4) is 0 Å². The number of amides is 1. The number of hydrogen-bond acceptors (Lipinski definition) is 4. The predicted octanol–water partition coefficient (Wildman–Crippen LogP) is 3.93. The van der Waals surface area contributed by atoms with Crippen LogP contribution >= 0.6 is 35.6 Å². The zero-order valence-electron chi connectivity index (χ0n) is 13.3. The number of carbonyl (C=O) groups excluding carboxylic acids is 1. The van der Waals surface area contributed by atoms with Crippen LogP contribution in [0.5, 0.6) is 0 Å². The van der Waals surface area contributed by atoms with Crippen LogP contribution in [0.1, 0.15) is 27.3 Å². The summed E-state index contributed by atoms with van der Waals surface area (Å²) in [6.07, 6.45) is 1.77. The van der Waals surface area contributed by atoms with Gasteiger partial charge < -0.3 is 15.0 Å². The number of hydrogen-bond donors (Lipinski definition) is 2. The highest BCUT2D eigenvalue weighted by Gasteiger charge is 2.23. The largest absolute Gasteiger partial charge is 0.478 e. The molecule has 1 fully saturated rings. The number of aryl methyl sites for hydroxylation is 1. The SMILES string of the molecule is Cc1cc(/C=C2\SC(=S)NC2=O)c(C)n1-c1cc(C(=O)O)ccc1Cl. The fourth-order valence-electron chi connectivity index (χ4n) is 2.68. The van der Waals surface area contributed by atoms with E-state index in [0.717, 1.165) is 17.0 Å². The van der Waals surface area contributed by atoms with Crippen molar-refractivity contribution >= 4 is 57.9 Å². The molecule has 2 heterocycles. The second kappa shape index (κ2) is 6.67. The highest BCUT2D eigenvalue weighted by molar-refractivity contribution is 8.26. The van der Waals surface area contributed by atoms with Gasteiger partial charge in [0, 0.05) is 11.4 Å². The molecule has 1 aromatic carbocycles. The first kappa shape index (κ1) is 17.7. The van der Waals surface area contributed by atoms with Crippen molar-refractivity contribution in [2.45, 2.75) is 13.8 Å². The first-order valence-electron chi connectivity index (χ1n) is 7.25. The van der Waals surface area contributed by atoms with Crippen LogP contribution in [0.15, 0.2) is 29.2 Å². The standard InChI is InChI=1S/C17H13ClN2O3S2/c1-8-5-11(7-14-15(21)19-17(24)25-14)9(2)20(8)13-6-10(16(22)23)3-4-12(13)18/h3-7H,1-2H3,(H,22,23)(H,19,21,24)/b14-7-. The lowest BCUT2D eigenvalue weighted by atomic mass is 10.2. The molecule has 0 spiro atoms. The zero-order valence-corrected chi connectivity index (χ0v) is 15.7. The fraction of sp³-hybridized carbons (Fsp3) is 0.118. The maximum absolute atomic E-state index is 11.9. The number of carboxylic acids is 1. The summed E-state index contributed by atoms with van der Waals surface area (Å²) in [4.78, 5) is 23.6. The summed E-state index contributed by atoms with van der Waals surface area (Å²) in [6, 6.07) is 6.48. The summed E-state index contributed by atoms with van der Waals surface area (Å²) >= 11 is 12.5. The van der Waals surface area contributed by atoms with Crippen molar-refractivity contribution in [1.29, 1.82) is 0 Å². The normalized spacial score (nSPS) is 15.7. The van der Waals surface area contributed by atoms with Gasteiger partial charge in [0.1, 0.15) is 4.32 Å². The van der Waals surface area contributed by atoms with E-state index in [2.05, 4.69) is 5.32 Å². The van der Waals surface area contributed by atoms with Crippen molar-refractivity contribution in [1.82, 2.24) is 9.88 Å². The number of benzene rings is 1. The number of carboxylic acid groups (broad SMARTS) is 1. The van der Waals surface area contributed by atoms with Gasteiger partial charge in [-0.05, 0) is 49.8 Å². The van der Waals surface area contributed by atoms with Gasteiger partial charge in [0.2, 0.25) is 0 Å². The predicted molar refractivity (Wildman–Crippen MR) is 104 cm³/mol. The third-order valence-corrected chi connectivity index (χ3v) is 5.32. The summed E-state index contributed by atoms with van der Waals surface area (Å²) in [5.41, 5.74) is 3.31. The number of nitrogens with one attached hydrogen (secondary N) is 1. The van der Waals surface area contributed by atoms with Crippen LogP contribution in [0, 0.1) is 13.8 Å². The van der Waals surface area contributed by atoms with E-state index in [1.54, 1.807) is 12.1 Å². The van der Waals surface area contributed by atoms with Gasteiger partial charge in [0.25, 0.3) is 5.91 Å². The van der Waals surface area contributed by atoms with Gasteiger partial charge in [-0.1, -0.05) is 35.6 Å². The van der Waals surface area contributed by atoms with Gasteiger partial charge >= 0.3 is 5.97 Å². The molecule has 0 atom stereocenters. The lowest BCUT2D eigenvalue weighted by Gasteiger charge is -2.12. The summed E-state index contributed by atoms with van der Waals surface area (Å²) in [6.45, 7) is 3.78. The van der Waals surface area contributed by atoms with Gasteiger partial charge in [0.15, 0.2) is 0 Å². The van der Waals surface area contributed by atoms with E-state index in [-0.39, 0.29) is 11.5 Å². The van der Waals surface area contributed by atoms with Crippen molar-refractivity contribution in [2.24, 2.45) is 0 Å². The van der Waals surface area contributed by atoms with Crippen LogP contribution in [0.25, 0.3) is 11.8 Å². The van der Waals surface area contributed by atoms with Crippen LogP contribution in [-0.2, 0) is 4.79 Å². The molecule has 25 heavy (non-hydrogen) atoms. The van der Waals surface area contributed by atoms with Crippen LogP contribution < -0.4 is 5.32 Å². The van der Waals surface area contributed by atoms with Crippen LogP contribution in [0.4, 0.5) is 0 Å². The number of nitrogens with zero attached hydrogens (tertiary/aromatic N) is 1. The first-order valence-corrected chi connectivity index (χ1v) is 8.85. The van der Waals surface area contributed by atoms with E-state index in [1.165, 1.54) is 23.9 Å². The Kier molecular flexibility index (Phi) is 4.73. The minimum Gasteiger partial charge on any atom is -0.478 e. The monoisotopic (exact) mass is 392 g/mol. The Morgan fingerprint density at radius 1 is 1.36 bits per heavy atom. The van der Waals surface area contributed by atoms with Crippen molar-refractivity contribution in [2.75, 3.05) is 0 Å². The van der Waals surface area contributed by atoms with Gasteiger partial charge in [-0.15, -0.1) is 0 Å². The highest BCUT2D eigenvalue weighted by atomic mass is 35.5. The molecule has 0 bridgehead atoms. The Hall–Kier alpha value is -2.09. The Morgan fingerprint density at radius 3 is 2.68 bits per heavy atom. The molecular formula is C17H13ClN2O3S2. The van der Waals surface area contributed by atoms with Gasteiger partial charge in [-0.25, -0.2) is 4.79 Å². The number of thiocarbonyl (C=S) groups is 1. The van der Waals surface area contributed by atoms with E-state index >= 15 is 0 Å². The van der Waals surface area contributed by atoms with Crippen LogP contribution in [-0.4, -0.2) is 25.9 Å². The number of carbonyl (C=O) groups is 2. The molecule has 1 saturated heterocycles. The number of aromatic carboxylic acids is 1. The molecule has 1 aliphatic rings. The minimum absolute atomic E-state index is 0.155. The fourth-order valence-corrected chi connectivity index (χ4v) is 3.92. The number of halogens is 1. The van der Waals surface area contributed by atoms with E-state index in [1.807, 2.05) is 24.5 Å². The smallest absolute Gasteiger partial charge is 0.335 e. The van der Waals surface area contributed by atoms with Crippen molar-refractivity contribution < 1.29 is 14.7 Å². The molecule has 1 aromatic heterocycles. The van der Waals surface area contributed by atoms with Crippen molar-refractivity contribution in [3.05, 3.63) is 56.7 Å². The molecular weight excluding hydrogens is 380 g/mol. The Balaban J connectivity index is 2.11. The summed E-state index contributed by atoms with van der Waals surface area (Å²) < 4.78 is 2.30. The van der Waals surface area contributed by atoms with E-state index < -0.39 is 5.97 Å². The summed E-state index contributed by atoms with van der Waals surface area (Å²) in [7, 11) is 0. The number of rotatable bonds is 3. The summed E-state index contributed by atoms with van der Waals surface area (Å²) in [5, 5.41) is 12.2. The first-order chi connectivity index (χ1) is 11.8. The maximum Gasteiger partial charge on any atom is 0.335 e. The molecule has 1 aliphatic heterocycles. The molecule has 0 unspecified atom stereocenters. The number of thioether (sulfide) groups is 1. The van der Waals surface area contributed by atoms with Crippen molar-refractivity contribution in [3.63, 3.8) is 0 Å². The molecule has 0 saturated carbocycles. The third kappa shape index (κ3) is 3.35. The Bertz CT molecular complexity index is 963. The van der Waals surface area contributed by atoms with E-state index in [4.69, 9.17) is 23.8 Å². The second-order valence-corrected chi connectivity index (χ2v) is 7.61. The van der Waals surface area contributed by atoms with Gasteiger partial charge in [-0.2, -0.15) is 0 Å². The van der Waals surface area contributed by atoms with Crippen LogP contribution in [0.2, 0.25) is 5.02 Å². The topological polar surface area (TPSA) is 71.3 Å². The van der Waals surface area contributed by atoms with Gasteiger partial charge in [-0.3, -0.25) is 4.79 Å². The molecule has 3 rings (SSSR count). The molecule has 2 N–H and O–H groups in total. The zero-order chi connectivity index (χ0) is 18.3. The lowest BCUT2D eigenvalue weighted by molar-refractivity contribution is -0.115. The highest BCUT2D eigenvalue weighted by Crippen LogP contribution is 2.31. The molecule has 128 valence electrons. The third-order valence-electron chi connectivity index (χ3n) is 3.83. The molecule has 5 nitrogen and oxygen atoms in total. The van der Waals surface area contributed by atoms with Crippen molar-refractivity contribution in [3.8, 4) is 5.69 Å². The average molecular weight is 393 g/mol. The lowest BCUT2D eigenvalue weighted by Crippen LogP contribution is -2.17. The van der Waals surface area contributed by atoms with E-state index in [0.29, 0.717) is 19.9 Å². The van der Waals surface area contributed by atoms with E-state index in [9.17, 15) is 14.7 Å². The quantitative estimate of drug-likeness (QED) is 0.611. The molecule has 0 aliphatic carbocycles. The minimum atomic E-state index is -1.02. The molecule has 8 heteroatoms.